The molecule has 0 unspecified atom stereocenters. The molecule has 1 N–H and O–H groups in total. The zero-order valence-electron chi connectivity index (χ0n) is 9.51. The van der Waals surface area contributed by atoms with Crippen LogP contribution in [0.4, 0.5) is 0 Å². The predicted octanol–water partition coefficient (Wildman–Crippen LogP) is 2.26. The Labute approximate surface area is 98.9 Å². The van der Waals surface area contributed by atoms with E-state index in [0.29, 0.717) is 6.42 Å². The van der Waals surface area contributed by atoms with Crippen molar-refractivity contribution < 1.29 is 14.6 Å². The topological polar surface area (TPSA) is 59.4 Å². The first-order chi connectivity index (χ1) is 8.20. The first kappa shape index (κ1) is 11.4. The summed E-state index contributed by atoms with van der Waals surface area (Å²) in [5.41, 5.74) is 1.84. The van der Waals surface area contributed by atoms with Crippen molar-refractivity contribution in [2.45, 2.75) is 12.8 Å². The summed E-state index contributed by atoms with van der Waals surface area (Å²) in [5, 5.41) is 9.66. The highest BCUT2D eigenvalue weighted by Crippen LogP contribution is 2.23. The van der Waals surface area contributed by atoms with E-state index in [9.17, 15) is 4.79 Å². The third kappa shape index (κ3) is 2.53. The van der Waals surface area contributed by atoms with Crippen LogP contribution in [0.25, 0.3) is 10.9 Å². The lowest BCUT2D eigenvalue weighted by molar-refractivity contribution is -0.136. The number of aryl methyl sites for hydroxylation is 1. The van der Waals surface area contributed by atoms with Crippen LogP contribution in [-0.4, -0.2) is 23.2 Å². The molecule has 1 heterocycles. The van der Waals surface area contributed by atoms with Gasteiger partial charge in [-0.25, -0.2) is 0 Å². The number of ether oxygens (including phenoxy) is 1. The number of carboxylic acids is 1. The number of fused-ring (bicyclic) bond motifs is 1. The third-order valence-corrected chi connectivity index (χ3v) is 2.65. The molecule has 0 aliphatic rings. The summed E-state index contributed by atoms with van der Waals surface area (Å²) in [6.07, 6.45) is 2.32. The Balaban J connectivity index is 2.43. The molecule has 1 aromatic heterocycles. The third-order valence-electron chi connectivity index (χ3n) is 2.65. The van der Waals surface area contributed by atoms with Gasteiger partial charge in [0, 0.05) is 18.0 Å². The van der Waals surface area contributed by atoms with Gasteiger partial charge in [0.05, 0.1) is 12.6 Å². The largest absolute Gasteiger partial charge is 0.497 e. The fourth-order valence-electron chi connectivity index (χ4n) is 1.77. The average Bonchev–Trinajstić information content (AvgIpc) is 2.35. The Hall–Kier alpha value is -2.10. The fourth-order valence-corrected chi connectivity index (χ4v) is 1.77. The van der Waals surface area contributed by atoms with Crippen LogP contribution in [0, 0.1) is 0 Å². The first-order valence-corrected chi connectivity index (χ1v) is 5.34. The highest BCUT2D eigenvalue weighted by atomic mass is 16.5. The van der Waals surface area contributed by atoms with Gasteiger partial charge >= 0.3 is 5.97 Å². The lowest BCUT2D eigenvalue weighted by Crippen LogP contribution is -1.98. The minimum Gasteiger partial charge on any atom is -0.497 e. The highest BCUT2D eigenvalue weighted by Gasteiger charge is 2.05. The van der Waals surface area contributed by atoms with Crippen LogP contribution in [0.15, 0.2) is 30.5 Å². The molecule has 0 saturated heterocycles. The molecular formula is C13H13NO3. The molecule has 0 fully saturated rings. The Bertz CT molecular complexity index is 551. The van der Waals surface area contributed by atoms with E-state index >= 15 is 0 Å². The Morgan fingerprint density at radius 2 is 2.24 bits per heavy atom. The number of benzene rings is 1. The number of methoxy groups -OCH3 is 1. The predicted molar refractivity (Wildman–Crippen MR) is 64.3 cm³/mol. The number of pyridine rings is 1. The first-order valence-electron chi connectivity index (χ1n) is 5.34. The van der Waals surface area contributed by atoms with Gasteiger partial charge in [-0.3, -0.25) is 9.78 Å². The van der Waals surface area contributed by atoms with Crippen molar-refractivity contribution in [1.29, 1.82) is 0 Å². The van der Waals surface area contributed by atoms with Crippen LogP contribution in [0.5, 0.6) is 5.75 Å². The molecule has 0 saturated carbocycles. The van der Waals surface area contributed by atoms with Gasteiger partial charge in [-0.1, -0.05) is 0 Å². The van der Waals surface area contributed by atoms with Gasteiger partial charge in [0.15, 0.2) is 0 Å². The molecule has 0 aliphatic carbocycles. The van der Waals surface area contributed by atoms with Gasteiger partial charge in [-0.05, 0) is 36.2 Å². The normalized spacial score (nSPS) is 10.4. The van der Waals surface area contributed by atoms with Crippen LogP contribution in [0.2, 0.25) is 0 Å². The molecule has 0 bridgehead atoms. The highest BCUT2D eigenvalue weighted by molar-refractivity contribution is 5.84. The Morgan fingerprint density at radius 3 is 2.94 bits per heavy atom. The zero-order valence-corrected chi connectivity index (χ0v) is 9.51. The maximum Gasteiger partial charge on any atom is 0.303 e. The number of hydrogen-bond acceptors (Lipinski definition) is 3. The number of carbonyl (C=O) groups is 1. The molecule has 0 amide bonds. The lowest BCUT2D eigenvalue weighted by atomic mass is 10.0. The molecule has 0 aliphatic heterocycles. The molecule has 2 aromatic rings. The summed E-state index contributed by atoms with van der Waals surface area (Å²) in [7, 11) is 1.61. The van der Waals surface area contributed by atoms with E-state index in [0.717, 1.165) is 22.2 Å². The number of aliphatic carboxylic acids is 1. The molecule has 88 valence electrons. The molecule has 17 heavy (non-hydrogen) atoms. The number of hydrogen-bond donors (Lipinski definition) is 1. The van der Waals surface area contributed by atoms with Crippen LogP contribution in [0.1, 0.15) is 12.0 Å². The Morgan fingerprint density at radius 1 is 1.41 bits per heavy atom. The van der Waals surface area contributed by atoms with E-state index in [1.807, 2.05) is 24.3 Å². The molecule has 1 aromatic carbocycles. The van der Waals surface area contributed by atoms with Crippen LogP contribution in [0.3, 0.4) is 0 Å². The van der Waals surface area contributed by atoms with Crippen LogP contribution in [-0.2, 0) is 11.2 Å². The summed E-state index contributed by atoms with van der Waals surface area (Å²) in [6.45, 7) is 0. The summed E-state index contributed by atoms with van der Waals surface area (Å²) < 4.78 is 5.16. The van der Waals surface area contributed by atoms with Crippen molar-refractivity contribution in [2.75, 3.05) is 7.11 Å². The van der Waals surface area contributed by atoms with Crippen molar-refractivity contribution in [2.24, 2.45) is 0 Å². The molecule has 0 spiro atoms. The molecular weight excluding hydrogens is 218 g/mol. The minimum absolute atomic E-state index is 0.121. The van der Waals surface area contributed by atoms with Gasteiger partial charge in [-0.15, -0.1) is 0 Å². The van der Waals surface area contributed by atoms with E-state index in [1.165, 1.54) is 0 Å². The summed E-state index contributed by atoms with van der Waals surface area (Å²) in [4.78, 5) is 14.8. The van der Waals surface area contributed by atoms with Crippen molar-refractivity contribution in [3.05, 3.63) is 36.0 Å². The average molecular weight is 231 g/mol. The summed E-state index contributed by atoms with van der Waals surface area (Å²) in [6, 6.07) is 7.46. The van der Waals surface area contributed by atoms with E-state index in [4.69, 9.17) is 9.84 Å². The fraction of sp³-hybridized carbons (Fsp3) is 0.231. The van der Waals surface area contributed by atoms with E-state index < -0.39 is 5.97 Å². The van der Waals surface area contributed by atoms with Crippen molar-refractivity contribution in [1.82, 2.24) is 4.98 Å². The SMILES string of the molecule is COc1ccc2nccc(CCC(=O)O)c2c1. The van der Waals surface area contributed by atoms with Gasteiger partial charge in [0.1, 0.15) is 5.75 Å². The summed E-state index contributed by atoms with van der Waals surface area (Å²) in [5.74, 6) is -0.0417. The molecule has 0 atom stereocenters. The van der Waals surface area contributed by atoms with E-state index in [-0.39, 0.29) is 6.42 Å². The summed E-state index contributed by atoms with van der Waals surface area (Å²) >= 11 is 0. The number of rotatable bonds is 4. The van der Waals surface area contributed by atoms with Crippen LogP contribution >= 0.6 is 0 Å². The second-order valence-electron chi connectivity index (χ2n) is 3.75. The van der Waals surface area contributed by atoms with Gasteiger partial charge < -0.3 is 9.84 Å². The van der Waals surface area contributed by atoms with Gasteiger partial charge in [-0.2, -0.15) is 0 Å². The van der Waals surface area contributed by atoms with E-state index in [2.05, 4.69) is 4.98 Å². The quantitative estimate of drug-likeness (QED) is 0.876. The van der Waals surface area contributed by atoms with Crippen molar-refractivity contribution in [3.8, 4) is 5.75 Å². The molecule has 4 heteroatoms. The zero-order chi connectivity index (χ0) is 12.3. The lowest BCUT2D eigenvalue weighted by Gasteiger charge is -2.06. The van der Waals surface area contributed by atoms with Gasteiger partial charge in [0.25, 0.3) is 0 Å². The molecule has 0 radical (unpaired) electrons. The monoisotopic (exact) mass is 231 g/mol. The standard InChI is InChI=1S/C13H13NO3/c1-17-10-3-4-12-11(8-10)9(6-7-14-12)2-5-13(15)16/h3-4,6-8H,2,5H2,1H3,(H,15,16). The smallest absolute Gasteiger partial charge is 0.303 e. The maximum absolute atomic E-state index is 10.6. The van der Waals surface area contributed by atoms with Gasteiger partial charge in [0.2, 0.25) is 0 Å². The van der Waals surface area contributed by atoms with Crippen molar-refractivity contribution in [3.63, 3.8) is 0 Å². The number of aromatic nitrogens is 1. The number of carboxylic acid groups (broad SMARTS) is 1. The second kappa shape index (κ2) is 4.82. The second-order valence-corrected chi connectivity index (χ2v) is 3.75. The molecule has 2 rings (SSSR count). The van der Waals surface area contributed by atoms with Crippen LogP contribution < -0.4 is 4.74 Å². The Kier molecular flexibility index (Phi) is 3.23. The number of nitrogens with zero attached hydrogens (tertiary/aromatic N) is 1. The molecule has 4 nitrogen and oxygen atoms in total. The minimum atomic E-state index is -0.794. The maximum atomic E-state index is 10.6. The van der Waals surface area contributed by atoms with Crippen molar-refractivity contribution >= 4 is 16.9 Å². The van der Waals surface area contributed by atoms with E-state index in [1.54, 1.807) is 13.3 Å².